The first-order valence-electron chi connectivity index (χ1n) is 5.87. The second-order valence-electron chi connectivity index (χ2n) is 3.79. The van der Waals surface area contributed by atoms with E-state index in [0.717, 1.165) is 12.8 Å². The summed E-state index contributed by atoms with van der Waals surface area (Å²) in [6.45, 7) is 2.02. The Morgan fingerprint density at radius 1 is 1.56 bits per heavy atom. The van der Waals surface area contributed by atoms with Crippen molar-refractivity contribution in [1.29, 1.82) is 0 Å². The quantitative estimate of drug-likeness (QED) is 0.599. The van der Waals surface area contributed by atoms with Gasteiger partial charge in [0, 0.05) is 6.42 Å². The molecule has 0 aromatic heterocycles. The van der Waals surface area contributed by atoms with Gasteiger partial charge in [0.25, 0.3) is 0 Å². The molecule has 0 aliphatic heterocycles. The number of carbonyl (C=O) groups is 1. The van der Waals surface area contributed by atoms with Gasteiger partial charge in [0.1, 0.15) is 11.5 Å². The van der Waals surface area contributed by atoms with Gasteiger partial charge in [-0.1, -0.05) is 19.4 Å². The Hall–Kier alpha value is -2.04. The molecular formula is C13H18N2O3. The van der Waals surface area contributed by atoms with Gasteiger partial charge in [0.2, 0.25) is 5.91 Å². The largest absolute Gasteiger partial charge is 0.507 e. The van der Waals surface area contributed by atoms with Crippen molar-refractivity contribution in [2.75, 3.05) is 7.11 Å². The Bertz CT molecular complexity index is 430. The highest BCUT2D eigenvalue weighted by molar-refractivity contribution is 5.88. The van der Waals surface area contributed by atoms with Crippen molar-refractivity contribution in [2.45, 2.75) is 26.2 Å². The zero-order chi connectivity index (χ0) is 13.4. The van der Waals surface area contributed by atoms with E-state index in [-0.39, 0.29) is 11.7 Å². The SMILES string of the molecule is CCCCC(=O)N/N=C/c1c(O)cccc1OC. The number of hydrogen-bond donors (Lipinski definition) is 2. The van der Waals surface area contributed by atoms with Crippen molar-refractivity contribution in [3.63, 3.8) is 0 Å². The third-order valence-electron chi connectivity index (χ3n) is 2.40. The van der Waals surface area contributed by atoms with Crippen LogP contribution in [0, 0.1) is 0 Å². The molecule has 18 heavy (non-hydrogen) atoms. The first-order valence-corrected chi connectivity index (χ1v) is 5.87. The van der Waals surface area contributed by atoms with Gasteiger partial charge in [-0.3, -0.25) is 4.79 Å². The van der Waals surface area contributed by atoms with Crippen LogP contribution in [0.2, 0.25) is 0 Å². The van der Waals surface area contributed by atoms with Crippen LogP contribution in [0.25, 0.3) is 0 Å². The monoisotopic (exact) mass is 250 g/mol. The van der Waals surface area contributed by atoms with E-state index in [1.807, 2.05) is 6.92 Å². The van der Waals surface area contributed by atoms with Gasteiger partial charge in [-0.15, -0.1) is 0 Å². The normalized spacial score (nSPS) is 10.6. The van der Waals surface area contributed by atoms with E-state index in [0.29, 0.717) is 17.7 Å². The summed E-state index contributed by atoms with van der Waals surface area (Å²) in [4.78, 5) is 11.3. The number of amides is 1. The molecule has 0 radical (unpaired) electrons. The summed E-state index contributed by atoms with van der Waals surface area (Å²) in [6.07, 6.45) is 3.62. The first kappa shape index (κ1) is 14.0. The fourth-order valence-electron chi connectivity index (χ4n) is 1.40. The van der Waals surface area contributed by atoms with Crippen LogP contribution >= 0.6 is 0 Å². The molecule has 0 heterocycles. The molecule has 0 aliphatic rings. The van der Waals surface area contributed by atoms with E-state index < -0.39 is 0 Å². The number of benzene rings is 1. The molecule has 5 nitrogen and oxygen atoms in total. The second kappa shape index (κ2) is 7.32. The molecular weight excluding hydrogens is 232 g/mol. The van der Waals surface area contributed by atoms with Crippen LogP contribution in [-0.2, 0) is 4.79 Å². The number of ether oxygens (including phenoxy) is 1. The average molecular weight is 250 g/mol. The topological polar surface area (TPSA) is 70.9 Å². The predicted molar refractivity (Wildman–Crippen MR) is 69.9 cm³/mol. The number of hydrogen-bond acceptors (Lipinski definition) is 4. The molecule has 0 aliphatic carbocycles. The number of carbonyl (C=O) groups excluding carboxylic acids is 1. The van der Waals surface area contributed by atoms with Crippen molar-refractivity contribution in [3.05, 3.63) is 23.8 Å². The van der Waals surface area contributed by atoms with Crippen molar-refractivity contribution in [1.82, 2.24) is 5.43 Å². The number of aromatic hydroxyl groups is 1. The third kappa shape index (κ3) is 4.08. The molecule has 0 unspecified atom stereocenters. The van der Waals surface area contributed by atoms with Crippen LogP contribution in [0.5, 0.6) is 11.5 Å². The summed E-state index contributed by atoms with van der Waals surface area (Å²) in [7, 11) is 1.51. The summed E-state index contributed by atoms with van der Waals surface area (Å²) in [6, 6.07) is 4.91. The number of methoxy groups -OCH3 is 1. The molecule has 0 fully saturated rings. The summed E-state index contributed by atoms with van der Waals surface area (Å²) in [5.41, 5.74) is 2.85. The minimum absolute atomic E-state index is 0.0564. The Kier molecular flexibility index (Phi) is 5.70. The maximum absolute atomic E-state index is 11.3. The lowest BCUT2D eigenvalue weighted by atomic mass is 10.2. The van der Waals surface area contributed by atoms with Gasteiger partial charge in [-0.05, 0) is 18.6 Å². The number of unbranched alkanes of at least 4 members (excludes halogenated alkanes) is 1. The summed E-state index contributed by atoms with van der Waals surface area (Å²) in [5, 5.41) is 13.4. The van der Waals surface area contributed by atoms with Gasteiger partial charge >= 0.3 is 0 Å². The highest BCUT2D eigenvalue weighted by Crippen LogP contribution is 2.24. The maximum atomic E-state index is 11.3. The molecule has 0 saturated heterocycles. The van der Waals surface area contributed by atoms with E-state index in [4.69, 9.17) is 4.74 Å². The van der Waals surface area contributed by atoms with E-state index >= 15 is 0 Å². The van der Waals surface area contributed by atoms with Gasteiger partial charge in [0.15, 0.2) is 0 Å². The van der Waals surface area contributed by atoms with Crippen LogP contribution < -0.4 is 10.2 Å². The molecule has 1 aromatic rings. The maximum Gasteiger partial charge on any atom is 0.240 e. The zero-order valence-corrected chi connectivity index (χ0v) is 10.6. The highest BCUT2D eigenvalue weighted by Gasteiger charge is 2.05. The fourth-order valence-corrected chi connectivity index (χ4v) is 1.40. The van der Waals surface area contributed by atoms with Crippen LogP contribution in [-0.4, -0.2) is 24.3 Å². The standard InChI is InChI=1S/C13H18N2O3/c1-3-4-8-13(17)15-14-9-10-11(16)6-5-7-12(10)18-2/h5-7,9,16H,3-4,8H2,1-2H3,(H,15,17)/b14-9+. The minimum atomic E-state index is -0.137. The lowest BCUT2D eigenvalue weighted by Gasteiger charge is -2.05. The predicted octanol–water partition coefficient (Wildman–Crippen LogP) is 2.04. The van der Waals surface area contributed by atoms with Crippen molar-refractivity contribution >= 4 is 12.1 Å². The van der Waals surface area contributed by atoms with Gasteiger partial charge < -0.3 is 9.84 Å². The molecule has 0 atom stereocenters. The molecule has 1 rings (SSSR count). The van der Waals surface area contributed by atoms with E-state index in [2.05, 4.69) is 10.5 Å². The summed E-state index contributed by atoms with van der Waals surface area (Å²) < 4.78 is 5.08. The number of nitrogens with one attached hydrogen (secondary N) is 1. The van der Waals surface area contributed by atoms with Gasteiger partial charge in [-0.2, -0.15) is 5.10 Å². The van der Waals surface area contributed by atoms with Crippen molar-refractivity contribution < 1.29 is 14.6 Å². The van der Waals surface area contributed by atoms with Crippen LogP contribution in [0.15, 0.2) is 23.3 Å². The Balaban J connectivity index is 2.64. The number of hydrazone groups is 1. The molecule has 2 N–H and O–H groups in total. The number of phenolic OH excluding ortho intramolecular Hbond substituents is 1. The van der Waals surface area contributed by atoms with Gasteiger partial charge in [-0.25, -0.2) is 5.43 Å². The molecule has 98 valence electrons. The Morgan fingerprint density at radius 2 is 2.33 bits per heavy atom. The fraction of sp³-hybridized carbons (Fsp3) is 0.385. The molecule has 1 amide bonds. The minimum Gasteiger partial charge on any atom is -0.507 e. The smallest absolute Gasteiger partial charge is 0.240 e. The summed E-state index contributed by atoms with van der Waals surface area (Å²) in [5.74, 6) is 0.421. The highest BCUT2D eigenvalue weighted by atomic mass is 16.5. The molecule has 1 aromatic carbocycles. The Morgan fingerprint density at radius 3 is 3.00 bits per heavy atom. The average Bonchev–Trinajstić information content (AvgIpc) is 2.38. The molecule has 0 bridgehead atoms. The lowest BCUT2D eigenvalue weighted by molar-refractivity contribution is -0.121. The van der Waals surface area contributed by atoms with Crippen molar-refractivity contribution in [2.24, 2.45) is 5.10 Å². The van der Waals surface area contributed by atoms with Gasteiger partial charge in [0.05, 0.1) is 18.9 Å². The molecule has 5 heteroatoms. The lowest BCUT2D eigenvalue weighted by Crippen LogP contribution is -2.16. The molecule has 0 saturated carbocycles. The summed E-state index contributed by atoms with van der Waals surface area (Å²) >= 11 is 0. The number of phenols is 1. The second-order valence-corrected chi connectivity index (χ2v) is 3.79. The molecule has 0 spiro atoms. The Labute approximate surface area is 106 Å². The third-order valence-corrected chi connectivity index (χ3v) is 2.40. The first-order chi connectivity index (χ1) is 8.69. The van der Waals surface area contributed by atoms with E-state index in [1.165, 1.54) is 19.4 Å². The van der Waals surface area contributed by atoms with Crippen LogP contribution in [0.3, 0.4) is 0 Å². The van der Waals surface area contributed by atoms with Crippen LogP contribution in [0.4, 0.5) is 0 Å². The van der Waals surface area contributed by atoms with E-state index in [1.54, 1.807) is 12.1 Å². The number of nitrogens with zero attached hydrogens (tertiary/aromatic N) is 1. The van der Waals surface area contributed by atoms with E-state index in [9.17, 15) is 9.90 Å². The number of rotatable bonds is 6. The van der Waals surface area contributed by atoms with Crippen LogP contribution in [0.1, 0.15) is 31.7 Å². The zero-order valence-electron chi connectivity index (χ0n) is 10.6. The van der Waals surface area contributed by atoms with Crippen molar-refractivity contribution in [3.8, 4) is 11.5 Å².